The minimum atomic E-state index is -0.761. The molecule has 2 rings (SSSR count). The number of hydrogen-bond donors (Lipinski definition) is 2. The van der Waals surface area contributed by atoms with Gasteiger partial charge in [-0.15, -0.1) is 0 Å². The van der Waals surface area contributed by atoms with Crippen LogP contribution in [-0.2, 0) is 4.79 Å². The summed E-state index contributed by atoms with van der Waals surface area (Å²) in [7, 11) is 0. The molecule has 2 N–H and O–H groups in total. The molecule has 1 unspecified atom stereocenters. The van der Waals surface area contributed by atoms with Gasteiger partial charge in [-0.3, -0.25) is 9.78 Å². The van der Waals surface area contributed by atoms with E-state index < -0.39 is 5.97 Å². The first-order valence-corrected chi connectivity index (χ1v) is 5.98. The minimum absolute atomic E-state index is 0.118. The van der Waals surface area contributed by atoms with Crippen LogP contribution in [0.25, 0.3) is 10.8 Å². The minimum Gasteiger partial charge on any atom is -0.481 e. The molecule has 0 spiro atoms. The topological polar surface area (TPSA) is 62.2 Å². The van der Waals surface area contributed by atoms with Gasteiger partial charge in [-0.05, 0) is 30.9 Å². The Morgan fingerprint density at radius 2 is 2.28 bits per heavy atom. The number of aliphatic carboxylic acids is 1. The first kappa shape index (κ1) is 12.4. The van der Waals surface area contributed by atoms with Gasteiger partial charge in [-0.25, -0.2) is 0 Å². The standard InChI is InChI=1S/C14H16N2O2/c1-10(5-6-14(17)18)16-13-4-2-3-11-7-8-15-9-12(11)13/h2-4,7-10,16H,5-6H2,1H3,(H,17,18). The van der Waals surface area contributed by atoms with E-state index in [1.807, 2.05) is 37.4 Å². The van der Waals surface area contributed by atoms with Gasteiger partial charge in [0.25, 0.3) is 0 Å². The van der Waals surface area contributed by atoms with Crippen molar-refractivity contribution in [3.8, 4) is 0 Å². The van der Waals surface area contributed by atoms with Crippen LogP contribution in [0.1, 0.15) is 19.8 Å². The van der Waals surface area contributed by atoms with E-state index in [1.165, 1.54) is 0 Å². The number of benzene rings is 1. The molecule has 1 aromatic heterocycles. The quantitative estimate of drug-likeness (QED) is 0.849. The van der Waals surface area contributed by atoms with Crippen LogP contribution in [0.2, 0.25) is 0 Å². The highest BCUT2D eigenvalue weighted by Gasteiger charge is 2.07. The van der Waals surface area contributed by atoms with Gasteiger partial charge in [0.15, 0.2) is 0 Å². The molecule has 0 saturated carbocycles. The first-order valence-electron chi connectivity index (χ1n) is 5.98. The summed E-state index contributed by atoms with van der Waals surface area (Å²) < 4.78 is 0. The molecule has 0 fully saturated rings. The lowest BCUT2D eigenvalue weighted by Crippen LogP contribution is -2.16. The zero-order chi connectivity index (χ0) is 13.0. The van der Waals surface area contributed by atoms with Crippen molar-refractivity contribution < 1.29 is 9.90 Å². The number of aromatic nitrogens is 1. The summed E-state index contributed by atoms with van der Waals surface area (Å²) in [5, 5.41) is 14.2. The molecule has 0 aliphatic rings. The summed E-state index contributed by atoms with van der Waals surface area (Å²) in [6, 6.07) is 8.08. The van der Waals surface area contributed by atoms with Gasteiger partial charge >= 0.3 is 5.97 Å². The molecular weight excluding hydrogens is 228 g/mol. The molecule has 0 saturated heterocycles. The lowest BCUT2D eigenvalue weighted by Gasteiger charge is -2.15. The Bertz CT molecular complexity index is 549. The zero-order valence-electron chi connectivity index (χ0n) is 10.3. The van der Waals surface area contributed by atoms with Crippen LogP contribution in [0.5, 0.6) is 0 Å². The number of nitrogens with zero attached hydrogens (tertiary/aromatic N) is 1. The number of pyridine rings is 1. The summed E-state index contributed by atoms with van der Waals surface area (Å²) in [5.41, 5.74) is 0.999. The Kier molecular flexibility index (Phi) is 3.77. The van der Waals surface area contributed by atoms with Gasteiger partial charge in [-0.2, -0.15) is 0 Å². The molecule has 4 heteroatoms. The maximum Gasteiger partial charge on any atom is 0.303 e. The predicted molar refractivity (Wildman–Crippen MR) is 71.7 cm³/mol. The molecule has 1 aromatic carbocycles. The molecule has 0 bridgehead atoms. The third kappa shape index (κ3) is 2.97. The van der Waals surface area contributed by atoms with Crippen molar-refractivity contribution in [2.24, 2.45) is 0 Å². The SMILES string of the molecule is CC(CCC(=O)O)Nc1cccc2ccncc12. The van der Waals surface area contributed by atoms with E-state index in [0.717, 1.165) is 16.5 Å². The number of carbonyl (C=O) groups is 1. The third-order valence-corrected chi connectivity index (χ3v) is 2.88. The van der Waals surface area contributed by atoms with E-state index in [4.69, 9.17) is 5.11 Å². The maximum absolute atomic E-state index is 10.5. The Labute approximate surface area is 106 Å². The van der Waals surface area contributed by atoms with Crippen LogP contribution in [0.4, 0.5) is 5.69 Å². The summed E-state index contributed by atoms with van der Waals surface area (Å²) in [5.74, 6) is -0.761. The predicted octanol–water partition coefficient (Wildman–Crippen LogP) is 2.90. The molecule has 2 aromatic rings. The van der Waals surface area contributed by atoms with Gasteiger partial charge in [0.1, 0.15) is 0 Å². The molecule has 4 nitrogen and oxygen atoms in total. The number of anilines is 1. The molecule has 0 radical (unpaired) electrons. The van der Waals surface area contributed by atoms with Crippen molar-refractivity contribution in [3.05, 3.63) is 36.7 Å². The fourth-order valence-electron chi connectivity index (χ4n) is 1.92. The van der Waals surface area contributed by atoms with Crippen molar-refractivity contribution in [2.45, 2.75) is 25.8 Å². The zero-order valence-corrected chi connectivity index (χ0v) is 10.3. The summed E-state index contributed by atoms with van der Waals surface area (Å²) >= 11 is 0. The van der Waals surface area contributed by atoms with Gasteiger partial charge in [0.2, 0.25) is 0 Å². The van der Waals surface area contributed by atoms with Gasteiger partial charge in [-0.1, -0.05) is 12.1 Å². The van der Waals surface area contributed by atoms with E-state index in [2.05, 4.69) is 10.3 Å². The average Bonchev–Trinajstić information content (AvgIpc) is 2.37. The van der Waals surface area contributed by atoms with E-state index in [1.54, 1.807) is 6.20 Å². The highest BCUT2D eigenvalue weighted by molar-refractivity contribution is 5.93. The second-order valence-corrected chi connectivity index (χ2v) is 4.38. The van der Waals surface area contributed by atoms with Crippen LogP contribution in [0.3, 0.4) is 0 Å². The van der Waals surface area contributed by atoms with Crippen LogP contribution in [0.15, 0.2) is 36.7 Å². The molecule has 94 valence electrons. The largest absolute Gasteiger partial charge is 0.481 e. The van der Waals surface area contributed by atoms with Crippen molar-refractivity contribution in [2.75, 3.05) is 5.32 Å². The van der Waals surface area contributed by atoms with Crippen LogP contribution < -0.4 is 5.32 Å². The number of carboxylic acid groups (broad SMARTS) is 1. The summed E-state index contributed by atoms with van der Waals surface area (Å²) in [4.78, 5) is 14.7. The summed E-state index contributed by atoms with van der Waals surface area (Å²) in [6.07, 6.45) is 4.37. The normalized spacial score (nSPS) is 12.3. The van der Waals surface area contributed by atoms with Crippen molar-refractivity contribution in [1.82, 2.24) is 4.98 Å². The van der Waals surface area contributed by atoms with Gasteiger partial charge in [0.05, 0.1) is 0 Å². The number of nitrogens with one attached hydrogen (secondary N) is 1. The summed E-state index contributed by atoms with van der Waals surface area (Å²) in [6.45, 7) is 1.98. The molecule has 0 amide bonds. The molecule has 1 atom stereocenters. The second-order valence-electron chi connectivity index (χ2n) is 4.38. The molecule has 0 aliphatic carbocycles. The van der Waals surface area contributed by atoms with E-state index in [9.17, 15) is 4.79 Å². The first-order chi connectivity index (χ1) is 8.66. The monoisotopic (exact) mass is 244 g/mol. The van der Waals surface area contributed by atoms with Gasteiger partial charge in [0, 0.05) is 35.9 Å². The lowest BCUT2D eigenvalue weighted by molar-refractivity contribution is -0.137. The van der Waals surface area contributed by atoms with E-state index in [-0.39, 0.29) is 12.5 Å². The fraction of sp³-hybridized carbons (Fsp3) is 0.286. The Balaban J connectivity index is 2.14. The number of carboxylic acids is 1. The van der Waals surface area contributed by atoms with Crippen molar-refractivity contribution >= 4 is 22.4 Å². The van der Waals surface area contributed by atoms with Crippen molar-refractivity contribution in [1.29, 1.82) is 0 Å². The van der Waals surface area contributed by atoms with Crippen LogP contribution in [-0.4, -0.2) is 22.1 Å². The number of fused-ring (bicyclic) bond motifs is 1. The lowest BCUT2D eigenvalue weighted by atomic mass is 10.1. The Morgan fingerprint density at radius 3 is 3.06 bits per heavy atom. The Morgan fingerprint density at radius 1 is 1.44 bits per heavy atom. The van der Waals surface area contributed by atoms with E-state index in [0.29, 0.717) is 6.42 Å². The average molecular weight is 244 g/mol. The molecular formula is C14H16N2O2. The highest BCUT2D eigenvalue weighted by Crippen LogP contribution is 2.23. The van der Waals surface area contributed by atoms with Crippen molar-refractivity contribution in [3.63, 3.8) is 0 Å². The maximum atomic E-state index is 10.5. The van der Waals surface area contributed by atoms with Gasteiger partial charge < -0.3 is 10.4 Å². The highest BCUT2D eigenvalue weighted by atomic mass is 16.4. The van der Waals surface area contributed by atoms with Crippen LogP contribution in [0, 0.1) is 0 Å². The number of rotatable bonds is 5. The fourth-order valence-corrected chi connectivity index (χ4v) is 1.92. The number of hydrogen-bond acceptors (Lipinski definition) is 3. The Hall–Kier alpha value is -2.10. The molecule has 0 aliphatic heterocycles. The molecule has 1 heterocycles. The smallest absolute Gasteiger partial charge is 0.303 e. The molecule has 18 heavy (non-hydrogen) atoms. The second kappa shape index (κ2) is 5.49. The van der Waals surface area contributed by atoms with E-state index >= 15 is 0 Å². The van der Waals surface area contributed by atoms with Crippen LogP contribution >= 0.6 is 0 Å². The third-order valence-electron chi connectivity index (χ3n) is 2.88.